The fourth-order valence-corrected chi connectivity index (χ4v) is 4.15. The molecule has 0 aromatic rings. The first-order valence-electron chi connectivity index (χ1n) is 13.5. The summed E-state index contributed by atoms with van der Waals surface area (Å²) in [5, 5.41) is 3.30. The first-order chi connectivity index (χ1) is 14.3. The molecule has 0 amide bonds. The van der Waals surface area contributed by atoms with E-state index in [0.29, 0.717) is 12.6 Å². The molecule has 0 aliphatic carbocycles. The quantitative estimate of drug-likeness (QED) is 0.141. The summed E-state index contributed by atoms with van der Waals surface area (Å²) in [7, 11) is 0. The largest absolute Gasteiger partial charge is 0.329 e. The summed E-state index contributed by atoms with van der Waals surface area (Å²) in [6, 6.07) is 0.303. The third-order valence-corrected chi connectivity index (χ3v) is 6.16. The van der Waals surface area contributed by atoms with E-state index in [1.165, 1.54) is 128 Å². The minimum absolute atomic E-state index is 0.303. The highest BCUT2D eigenvalue weighted by Crippen LogP contribution is 2.15. The molecular weight excluding hydrogens is 354 g/mol. The number of hydrogen-bond donors (Lipinski definition) is 3. The predicted molar refractivity (Wildman–Crippen MR) is 133 cm³/mol. The maximum absolute atomic E-state index is 6.09. The first-order valence-corrected chi connectivity index (χ1v) is 13.5. The van der Waals surface area contributed by atoms with Crippen molar-refractivity contribution >= 4 is 0 Å². The van der Waals surface area contributed by atoms with Crippen molar-refractivity contribution in [2.45, 2.75) is 148 Å². The fraction of sp³-hybridized carbons (Fsp3) is 1.00. The molecule has 0 saturated carbocycles. The molecule has 5 N–H and O–H groups in total. The molecule has 0 bridgehead atoms. The van der Waals surface area contributed by atoms with Crippen LogP contribution in [0.1, 0.15) is 142 Å². The number of hydrogen-bond acceptors (Lipinski definition) is 3. The minimum Gasteiger partial charge on any atom is -0.329 e. The Bertz CT molecular complexity index is 283. The number of unbranched alkanes of at least 4 members (excludes halogenated alkanes) is 19. The number of rotatable bonds is 25. The number of nitrogens with one attached hydrogen (secondary N) is 1. The topological polar surface area (TPSA) is 64.1 Å². The summed E-state index contributed by atoms with van der Waals surface area (Å²) < 4.78 is 0. The second kappa shape index (κ2) is 25.9. The van der Waals surface area contributed by atoms with Crippen molar-refractivity contribution in [3.05, 3.63) is 0 Å². The van der Waals surface area contributed by atoms with Crippen molar-refractivity contribution in [1.82, 2.24) is 5.32 Å². The van der Waals surface area contributed by atoms with Crippen LogP contribution in [0.4, 0.5) is 0 Å². The van der Waals surface area contributed by atoms with Gasteiger partial charge in [-0.2, -0.15) is 0 Å². The van der Waals surface area contributed by atoms with Gasteiger partial charge in [0, 0.05) is 25.7 Å². The molecule has 0 aromatic carbocycles. The highest BCUT2D eigenvalue weighted by molar-refractivity contribution is 4.64. The van der Waals surface area contributed by atoms with Crippen LogP contribution in [0.3, 0.4) is 0 Å². The van der Waals surface area contributed by atoms with Crippen molar-refractivity contribution in [2.24, 2.45) is 11.5 Å². The molecule has 1 unspecified atom stereocenters. The van der Waals surface area contributed by atoms with Crippen LogP contribution in [-0.2, 0) is 0 Å². The smallest absolute Gasteiger partial charge is 0.0165 e. The van der Waals surface area contributed by atoms with Gasteiger partial charge in [0.05, 0.1) is 0 Å². The molecular formula is C26H57N3. The summed E-state index contributed by atoms with van der Waals surface area (Å²) in [6.07, 6.45) is 29.9. The molecule has 29 heavy (non-hydrogen) atoms. The Morgan fingerprint density at radius 3 is 1.24 bits per heavy atom. The van der Waals surface area contributed by atoms with Crippen LogP contribution in [0.15, 0.2) is 0 Å². The average molecular weight is 412 g/mol. The Kier molecular flexibility index (Phi) is 25.8. The Morgan fingerprint density at radius 1 is 0.552 bits per heavy atom. The molecule has 0 rings (SSSR count). The van der Waals surface area contributed by atoms with Crippen molar-refractivity contribution in [2.75, 3.05) is 19.6 Å². The first kappa shape index (κ1) is 28.9. The molecule has 0 heterocycles. The molecule has 1 atom stereocenters. The van der Waals surface area contributed by atoms with Gasteiger partial charge in [0.15, 0.2) is 0 Å². The van der Waals surface area contributed by atoms with Gasteiger partial charge in [-0.1, -0.05) is 135 Å². The van der Waals surface area contributed by atoms with E-state index in [1.54, 1.807) is 0 Å². The van der Waals surface area contributed by atoms with Gasteiger partial charge in [-0.15, -0.1) is 0 Å². The Labute approximate surface area is 184 Å². The van der Waals surface area contributed by atoms with Crippen LogP contribution in [0.2, 0.25) is 0 Å². The third kappa shape index (κ3) is 25.8. The van der Waals surface area contributed by atoms with Crippen LogP contribution in [0.5, 0.6) is 0 Å². The van der Waals surface area contributed by atoms with Gasteiger partial charge >= 0.3 is 0 Å². The molecule has 0 aromatic heterocycles. The molecule has 0 aliphatic rings. The summed E-state index contributed by atoms with van der Waals surface area (Å²) in [4.78, 5) is 0. The summed E-state index contributed by atoms with van der Waals surface area (Å²) in [5.74, 6) is 0. The van der Waals surface area contributed by atoms with Crippen molar-refractivity contribution in [3.8, 4) is 0 Å². The Morgan fingerprint density at radius 2 is 0.897 bits per heavy atom. The number of nitrogens with two attached hydrogens (primary N) is 2. The van der Waals surface area contributed by atoms with E-state index < -0.39 is 0 Å². The van der Waals surface area contributed by atoms with E-state index in [1.807, 2.05) is 0 Å². The lowest BCUT2D eigenvalue weighted by Gasteiger charge is -2.12. The standard InChI is InChI=1S/C26H57N3/c1-2-3-4-5-6-7-8-9-10-11-12-13-14-15-16-17-18-19-20-21-22-26(28)25-29-24-23-27/h26,29H,2-25,27-28H2,1H3. The monoisotopic (exact) mass is 411 g/mol. The van der Waals surface area contributed by atoms with E-state index in [0.717, 1.165) is 19.5 Å². The van der Waals surface area contributed by atoms with E-state index in [4.69, 9.17) is 11.5 Å². The molecule has 0 radical (unpaired) electrons. The normalized spacial score (nSPS) is 12.5. The van der Waals surface area contributed by atoms with Gasteiger partial charge in [-0.05, 0) is 6.42 Å². The molecule has 0 aliphatic heterocycles. The molecule has 0 saturated heterocycles. The average Bonchev–Trinajstić information content (AvgIpc) is 2.72. The lowest BCUT2D eigenvalue weighted by Crippen LogP contribution is -2.36. The SMILES string of the molecule is CCCCCCCCCCCCCCCCCCCCCCC(N)CNCCN. The van der Waals surface area contributed by atoms with Crippen LogP contribution >= 0.6 is 0 Å². The van der Waals surface area contributed by atoms with E-state index in [2.05, 4.69) is 12.2 Å². The van der Waals surface area contributed by atoms with Gasteiger partial charge in [-0.3, -0.25) is 0 Å². The maximum atomic E-state index is 6.09. The maximum Gasteiger partial charge on any atom is 0.0165 e. The van der Waals surface area contributed by atoms with E-state index in [-0.39, 0.29) is 0 Å². The van der Waals surface area contributed by atoms with Crippen LogP contribution in [0, 0.1) is 0 Å². The molecule has 3 nitrogen and oxygen atoms in total. The van der Waals surface area contributed by atoms with Crippen LogP contribution in [-0.4, -0.2) is 25.7 Å². The zero-order valence-corrected chi connectivity index (χ0v) is 20.2. The van der Waals surface area contributed by atoms with Gasteiger partial charge in [0.25, 0.3) is 0 Å². The van der Waals surface area contributed by atoms with Gasteiger partial charge in [0.2, 0.25) is 0 Å². The Hall–Kier alpha value is -0.120. The fourth-order valence-electron chi connectivity index (χ4n) is 4.15. The predicted octanol–water partition coefficient (Wildman–Crippen LogP) is 7.07. The molecule has 0 spiro atoms. The molecule has 176 valence electrons. The highest BCUT2D eigenvalue weighted by atomic mass is 14.9. The van der Waals surface area contributed by atoms with Crippen molar-refractivity contribution < 1.29 is 0 Å². The summed E-state index contributed by atoms with van der Waals surface area (Å²) in [6.45, 7) is 4.79. The lowest BCUT2D eigenvalue weighted by atomic mass is 10.0. The van der Waals surface area contributed by atoms with Gasteiger partial charge < -0.3 is 16.8 Å². The molecule has 3 heteroatoms. The zero-order chi connectivity index (χ0) is 21.3. The van der Waals surface area contributed by atoms with Crippen LogP contribution in [0.25, 0.3) is 0 Å². The van der Waals surface area contributed by atoms with Crippen LogP contribution < -0.4 is 16.8 Å². The van der Waals surface area contributed by atoms with E-state index >= 15 is 0 Å². The van der Waals surface area contributed by atoms with Crippen molar-refractivity contribution in [3.63, 3.8) is 0 Å². The Balaban J connectivity index is 3.05. The summed E-state index contributed by atoms with van der Waals surface area (Å²) in [5.41, 5.74) is 11.6. The zero-order valence-electron chi connectivity index (χ0n) is 20.2. The lowest BCUT2D eigenvalue weighted by molar-refractivity contribution is 0.497. The summed E-state index contributed by atoms with van der Waals surface area (Å²) >= 11 is 0. The molecule has 0 fully saturated rings. The van der Waals surface area contributed by atoms with E-state index in [9.17, 15) is 0 Å². The third-order valence-electron chi connectivity index (χ3n) is 6.16. The minimum atomic E-state index is 0.303. The van der Waals surface area contributed by atoms with Crippen molar-refractivity contribution in [1.29, 1.82) is 0 Å². The highest BCUT2D eigenvalue weighted by Gasteiger charge is 2.01. The van der Waals surface area contributed by atoms with Gasteiger partial charge in [-0.25, -0.2) is 0 Å². The second-order valence-electron chi connectivity index (χ2n) is 9.26. The second-order valence-corrected chi connectivity index (χ2v) is 9.26. The van der Waals surface area contributed by atoms with Gasteiger partial charge in [0.1, 0.15) is 0 Å².